The van der Waals surface area contributed by atoms with E-state index in [1.54, 1.807) is 6.07 Å². The number of hydrogen-bond acceptors (Lipinski definition) is 5. The first-order chi connectivity index (χ1) is 14.1. The lowest BCUT2D eigenvalue weighted by molar-refractivity contribution is -0.153. The molecule has 2 N–H and O–H groups in total. The number of carbonyl (C=O) groups excluding carboxylic acids is 1. The fraction of sp³-hybridized carbons (Fsp3) is 0.650. The van der Waals surface area contributed by atoms with Gasteiger partial charge >= 0.3 is 12.2 Å². The molecule has 1 aromatic carbocycles. The van der Waals surface area contributed by atoms with E-state index in [2.05, 4.69) is 41.3 Å². The molecule has 30 heavy (non-hydrogen) atoms. The highest BCUT2D eigenvalue weighted by molar-refractivity contribution is 5.89. The van der Waals surface area contributed by atoms with Crippen molar-refractivity contribution in [3.05, 3.63) is 18.2 Å². The maximum Gasteiger partial charge on any atom is 0.422 e. The first kappa shape index (κ1) is 24.1. The van der Waals surface area contributed by atoms with Crippen molar-refractivity contribution < 1.29 is 27.4 Å². The lowest BCUT2D eigenvalue weighted by Crippen LogP contribution is -2.54. The Hall–Kier alpha value is -2.20. The first-order valence-electron chi connectivity index (χ1n) is 9.94. The van der Waals surface area contributed by atoms with Crippen LogP contribution in [-0.4, -0.2) is 81.5 Å². The van der Waals surface area contributed by atoms with E-state index in [1.807, 2.05) is 0 Å². The number of benzene rings is 1. The van der Waals surface area contributed by atoms with Crippen LogP contribution in [0.15, 0.2) is 18.2 Å². The molecule has 0 saturated carbocycles. The number of hydrogen-bond donors (Lipinski definition) is 2. The Morgan fingerprint density at radius 2 is 1.83 bits per heavy atom. The van der Waals surface area contributed by atoms with Gasteiger partial charge in [-0.25, -0.2) is 4.79 Å². The Balaban J connectivity index is 1.94. The van der Waals surface area contributed by atoms with Gasteiger partial charge < -0.3 is 25.0 Å². The van der Waals surface area contributed by atoms with E-state index in [-0.39, 0.29) is 17.5 Å². The quantitative estimate of drug-likeness (QED) is 0.661. The average molecular weight is 432 g/mol. The van der Waals surface area contributed by atoms with Crippen molar-refractivity contribution in [3.63, 3.8) is 0 Å². The van der Waals surface area contributed by atoms with Crippen molar-refractivity contribution in [1.82, 2.24) is 15.1 Å². The van der Waals surface area contributed by atoms with E-state index in [4.69, 9.17) is 9.47 Å². The molecule has 0 spiro atoms. The van der Waals surface area contributed by atoms with E-state index in [9.17, 15) is 18.0 Å². The molecule has 170 valence electrons. The van der Waals surface area contributed by atoms with Gasteiger partial charge in [-0.05, 0) is 25.1 Å². The molecule has 1 heterocycles. The van der Waals surface area contributed by atoms with E-state index < -0.39 is 18.8 Å². The minimum absolute atomic E-state index is 0.0925. The number of piperazine rings is 1. The van der Waals surface area contributed by atoms with Gasteiger partial charge in [-0.15, -0.1) is 0 Å². The third-order valence-corrected chi connectivity index (χ3v) is 5.06. The predicted octanol–water partition coefficient (Wildman–Crippen LogP) is 3.03. The number of carbonyl (C=O) groups is 1. The lowest BCUT2D eigenvalue weighted by atomic mass is 10.0. The van der Waals surface area contributed by atoms with Crippen LogP contribution in [-0.2, 0) is 0 Å². The monoisotopic (exact) mass is 432 g/mol. The van der Waals surface area contributed by atoms with E-state index >= 15 is 0 Å². The highest BCUT2D eigenvalue weighted by Gasteiger charge is 2.29. The molecule has 2 rings (SSSR count). The van der Waals surface area contributed by atoms with Gasteiger partial charge in [0.15, 0.2) is 18.1 Å². The number of nitrogens with zero attached hydrogens (tertiary/aromatic N) is 2. The van der Waals surface area contributed by atoms with Crippen molar-refractivity contribution in [2.75, 3.05) is 58.8 Å². The summed E-state index contributed by atoms with van der Waals surface area (Å²) in [6, 6.07) is 4.07. The van der Waals surface area contributed by atoms with Crippen LogP contribution < -0.4 is 20.1 Å². The Kier molecular flexibility index (Phi) is 8.60. The Morgan fingerprint density at radius 1 is 1.17 bits per heavy atom. The van der Waals surface area contributed by atoms with Crippen LogP contribution in [0.25, 0.3) is 0 Å². The zero-order valence-electron chi connectivity index (χ0n) is 17.9. The summed E-state index contributed by atoms with van der Waals surface area (Å²) in [6.45, 7) is 7.14. The number of amides is 2. The number of urea groups is 1. The second kappa shape index (κ2) is 10.7. The van der Waals surface area contributed by atoms with Crippen molar-refractivity contribution in [2.45, 2.75) is 26.1 Å². The molecule has 1 fully saturated rings. The maximum absolute atomic E-state index is 12.5. The summed E-state index contributed by atoms with van der Waals surface area (Å²) in [5, 5.41) is 5.51. The van der Waals surface area contributed by atoms with Gasteiger partial charge in [0.1, 0.15) is 0 Å². The Bertz CT molecular complexity index is 692. The minimum Gasteiger partial charge on any atom is -0.493 e. The number of alkyl halides is 3. The number of halogens is 3. The van der Waals surface area contributed by atoms with Crippen LogP contribution in [0.3, 0.4) is 0 Å². The standard InChI is InChI=1S/C20H31F3N4O3/c1-14(2)16(27-9-7-26(3)8-10-27)12-24-19(28)25-15-5-6-17(29-4)18(11-15)30-13-20(21,22)23/h5-6,11,14,16H,7-10,12-13H2,1-4H3,(H2,24,25,28). The summed E-state index contributed by atoms with van der Waals surface area (Å²) >= 11 is 0. The van der Waals surface area contributed by atoms with Gasteiger partial charge in [0, 0.05) is 50.5 Å². The van der Waals surface area contributed by atoms with Crippen LogP contribution >= 0.6 is 0 Å². The fourth-order valence-electron chi connectivity index (χ4n) is 3.34. The molecule has 1 atom stereocenters. The lowest BCUT2D eigenvalue weighted by Gasteiger charge is -2.39. The Morgan fingerprint density at radius 3 is 2.40 bits per heavy atom. The maximum atomic E-state index is 12.5. The van der Waals surface area contributed by atoms with Gasteiger partial charge in [0.05, 0.1) is 7.11 Å². The van der Waals surface area contributed by atoms with Gasteiger partial charge in [0.2, 0.25) is 0 Å². The van der Waals surface area contributed by atoms with Crippen molar-refractivity contribution in [2.24, 2.45) is 5.92 Å². The number of ether oxygens (including phenoxy) is 2. The third-order valence-electron chi connectivity index (χ3n) is 5.06. The molecule has 1 aromatic rings. The zero-order chi connectivity index (χ0) is 22.3. The second-order valence-electron chi connectivity index (χ2n) is 7.76. The fourth-order valence-corrected chi connectivity index (χ4v) is 3.34. The number of likely N-dealkylation sites (N-methyl/N-ethyl adjacent to an activating group) is 1. The Labute approximate surface area is 175 Å². The zero-order valence-corrected chi connectivity index (χ0v) is 17.9. The normalized spacial score (nSPS) is 16.9. The third kappa shape index (κ3) is 7.56. The van der Waals surface area contributed by atoms with Crippen molar-refractivity contribution in [3.8, 4) is 11.5 Å². The number of rotatable bonds is 8. The second-order valence-corrected chi connectivity index (χ2v) is 7.76. The van der Waals surface area contributed by atoms with E-state index in [0.29, 0.717) is 18.2 Å². The molecule has 0 aliphatic carbocycles. The van der Waals surface area contributed by atoms with Gasteiger partial charge in [-0.2, -0.15) is 13.2 Å². The summed E-state index contributed by atoms with van der Waals surface area (Å²) in [6.07, 6.45) is -4.47. The van der Waals surface area contributed by atoms with Crippen LogP contribution in [0.4, 0.5) is 23.7 Å². The summed E-state index contributed by atoms with van der Waals surface area (Å²) in [4.78, 5) is 17.0. The van der Waals surface area contributed by atoms with Gasteiger partial charge in [-0.3, -0.25) is 4.90 Å². The molecular formula is C20H31F3N4O3. The summed E-state index contributed by atoms with van der Waals surface area (Å²) in [5.74, 6) is 0.419. The largest absolute Gasteiger partial charge is 0.493 e. The topological polar surface area (TPSA) is 66.1 Å². The molecular weight excluding hydrogens is 401 g/mol. The number of anilines is 1. The summed E-state index contributed by atoms with van der Waals surface area (Å²) in [5.41, 5.74) is 0.311. The highest BCUT2D eigenvalue weighted by Crippen LogP contribution is 2.31. The summed E-state index contributed by atoms with van der Waals surface area (Å²) < 4.78 is 47.2. The van der Waals surface area contributed by atoms with Crippen molar-refractivity contribution >= 4 is 11.7 Å². The van der Waals surface area contributed by atoms with Crippen LogP contribution in [0.5, 0.6) is 11.5 Å². The molecule has 1 saturated heterocycles. The van der Waals surface area contributed by atoms with Crippen LogP contribution in [0.2, 0.25) is 0 Å². The van der Waals surface area contributed by atoms with Crippen LogP contribution in [0.1, 0.15) is 13.8 Å². The highest BCUT2D eigenvalue weighted by atomic mass is 19.4. The van der Waals surface area contributed by atoms with Crippen LogP contribution in [0, 0.1) is 5.92 Å². The molecule has 1 aliphatic rings. The number of methoxy groups -OCH3 is 1. The molecule has 2 amide bonds. The molecule has 1 unspecified atom stereocenters. The molecule has 7 nitrogen and oxygen atoms in total. The minimum atomic E-state index is -4.47. The van der Waals surface area contributed by atoms with Crippen molar-refractivity contribution in [1.29, 1.82) is 0 Å². The average Bonchev–Trinajstić information content (AvgIpc) is 2.67. The number of nitrogens with one attached hydrogen (secondary N) is 2. The molecule has 0 radical (unpaired) electrons. The van der Waals surface area contributed by atoms with E-state index in [1.165, 1.54) is 19.2 Å². The molecule has 0 bridgehead atoms. The molecule has 10 heteroatoms. The van der Waals surface area contributed by atoms with Gasteiger partial charge in [0.25, 0.3) is 0 Å². The molecule has 0 aromatic heterocycles. The summed E-state index contributed by atoms with van der Waals surface area (Å²) in [7, 11) is 3.43. The molecule has 1 aliphatic heterocycles. The van der Waals surface area contributed by atoms with Gasteiger partial charge in [-0.1, -0.05) is 13.8 Å². The smallest absolute Gasteiger partial charge is 0.422 e. The SMILES string of the molecule is COc1ccc(NC(=O)NCC(C(C)C)N2CCN(C)CC2)cc1OCC(F)(F)F. The predicted molar refractivity (Wildman–Crippen MR) is 109 cm³/mol. The first-order valence-corrected chi connectivity index (χ1v) is 9.94. The van der Waals surface area contributed by atoms with E-state index in [0.717, 1.165) is 26.2 Å².